The van der Waals surface area contributed by atoms with Crippen molar-refractivity contribution in [2.45, 2.75) is 6.92 Å². The molecule has 1 saturated heterocycles. The van der Waals surface area contributed by atoms with Crippen molar-refractivity contribution in [2.75, 3.05) is 43.5 Å². The van der Waals surface area contributed by atoms with E-state index in [1.807, 2.05) is 29.7 Å². The van der Waals surface area contributed by atoms with Crippen molar-refractivity contribution in [1.82, 2.24) is 19.7 Å². The van der Waals surface area contributed by atoms with Crippen molar-refractivity contribution in [1.29, 1.82) is 0 Å². The van der Waals surface area contributed by atoms with Gasteiger partial charge in [0.25, 0.3) is 5.91 Å². The van der Waals surface area contributed by atoms with Gasteiger partial charge in [-0.1, -0.05) is 0 Å². The first-order valence-corrected chi connectivity index (χ1v) is 8.90. The van der Waals surface area contributed by atoms with Crippen molar-refractivity contribution >= 4 is 23.1 Å². The van der Waals surface area contributed by atoms with Crippen LogP contribution in [-0.2, 0) is 0 Å². The highest BCUT2D eigenvalue weighted by atomic mass is 16.5. The van der Waals surface area contributed by atoms with Gasteiger partial charge < -0.3 is 24.7 Å². The first kappa shape index (κ1) is 17.3. The van der Waals surface area contributed by atoms with Crippen LogP contribution >= 0.6 is 0 Å². The number of anilines is 2. The number of rotatable bonds is 4. The van der Waals surface area contributed by atoms with E-state index in [0.717, 1.165) is 43.3 Å². The highest BCUT2D eigenvalue weighted by Gasteiger charge is 2.16. The molecule has 1 fully saturated rings. The van der Waals surface area contributed by atoms with Gasteiger partial charge in [-0.3, -0.25) is 4.79 Å². The summed E-state index contributed by atoms with van der Waals surface area (Å²) in [6.07, 6.45) is 5.28. The molecule has 4 rings (SSSR count). The van der Waals surface area contributed by atoms with Crippen LogP contribution in [0.15, 0.2) is 36.8 Å². The van der Waals surface area contributed by atoms with E-state index in [9.17, 15) is 4.79 Å². The quantitative estimate of drug-likeness (QED) is 0.731. The van der Waals surface area contributed by atoms with E-state index in [4.69, 9.17) is 4.74 Å². The average molecular weight is 366 g/mol. The summed E-state index contributed by atoms with van der Waals surface area (Å²) < 4.78 is 7.20. The number of carbonyl (C=O) groups excluding carboxylic acids is 1. The summed E-state index contributed by atoms with van der Waals surface area (Å²) in [5.74, 6) is 1.15. The molecule has 0 saturated carbocycles. The van der Waals surface area contributed by atoms with E-state index in [2.05, 4.69) is 25.5 Å². The molecule has 27 heavy (non-hydrogen) atoms. The maximum absolute atomic E-state index is 12.8. The Bertz CT molecular complexity index is 960. The summed E-state index contributed by atoms with van der Waals surface area (Å²) in [7, 11) is 1.54. The highest BCUT2D eigenvalue weighted by Crippen LogP contribution is 2.23. The second-order valence-corrected chi connectivity index (χ2v) is 6.50. The van der Waals surface area contributed by atoms with Crippen molar-refractivity contribution in [3.8, 4) is 5.75 Å². The molecule has 1 amide bonds. The number of nitrogens with one attached hydrogen (secondary N) is 2. The monoisotopic (exact) mass is 366 g/mol. The standard InChI is InChI=1S/C19H22N6O2/c1-13-11-25-12-15(16(27-2)9-18(25)22-13)19(26)23-14-3-4-17(21-10-14)24-7-5-20-6-8-24/h3-4,9-12,20H,5-8H2,1-2H3,(H,23,26). The molecule has 4 heterocycles. The van der Waals surface area contributed by atoms with Gasteiger partial charge in [-0.25, -0.2) is 9.97 Å². The lowest BCUT2D eigenvalue weighted by Gasteiger charge is -2.28. The molecule has 0 bridgehead atoms. The second kappa shape index (κ2) is 7.24. The SMILES string of the molecule is COc1cc2nc(C)cn2cc1C(=O)Nc1ccc(N2CCNCC2)nc1. The molecule has 0 radical (unpaired) electrons. The van der Waals surface area contributed by atoms with Crippen LogP contribution in [0.4, 0.5) is 11.5 Å². The van der Waals surface area contributed by atoms with Crippen molar-refractivity contribution < 1.29 is 9.53 Å². The van der Waals surface area contributed by atoms with Gasteiger partial charge in [0, 0.05) is 44.6 Å². The lowest BCUT2D eigenvalue weighted by Crippen LogP contribution is -2.43. The van der Waals surface area contributed by atoms with Gasteiger partial charge in [-0.05, 0) is 19.1 Å². The third-order valence-corrected chi connectivity index (χ3v) is 4.59. The maximum Gasteiger partial charge on any atom is 0.260 e. The Labute approximate surface area is 157 Å². The fraction of sp³-hybridized carbons (Fsp3) is 0.316. The average Bonchev–Trinajstić information content (AvgIpc) is 3.07. The number of imidazole rings is 1. The number of piperazine rings is 1. The van der Waals surface area contributed by atoms with E-state index < -0.39 is 0 Å². The summed E-state index contributed by atoms with van der Waals surface area (Å²) >= 11 is 0. The van der Waals surface area contributed by atoms with Gasteiger partial charge in [0.1, 0.15) is 17.2 Å². The number of aryl methyl sites for hydroxylation is 1. The van der Waals surface area contributed by atoms with Gasteiger partial charge >= 0.3 is 0 Å². The zero-order valence-corrected chi connectivity index (χ0v) is 15.4. The van der Waals surface area contributed by atoms with Crippen molar-refractivity contribution in [2.24, 2.45) is 0 Å². The minimum absolute atomic E-state index is 0.253. The molecule has 0 unspecified atom stereocenters. The Morgan fingerprint density at radius 2 is 2.07 bits per heavy atom. The third-order valence-electron chi connectivity index (χ3n) is 4.59. The second-order valence-electron chi connectivity index (χ2n) is 6.50. The first-order valence-electron chi connectivity index (χ1n) is 8.90. The number of hydrogen-bond donors (Lipinski definition) is 2. The summed E-state index contributed by atoms with van der Waals surface area (Å²) in [6, 6.07) is 5.56. The van der Waals surface area contributed by atoms with Crippen LogP contribution in [0.5, 0.6) is 5.75 Å². The number of pyridine rings is 2. The molecule has 3 aromatic heterocycles. The summed E-state index contributed by atoms with van der Waals surface area (Å²) in [5, 5.41) is 6.21. The normalized spacial score (nSPS) is 14.4. The molecule has 8 nitrogen and oxygen atoms in total. The molecular formula is C19H22N6O2. The van der Waals surface area contributed by atoms with Crippen LogP contribution in [0.1, 0.15) is 16.1 Å². The van der Waals surface area contributed by atoms with Crippen LogP contribution in [0.2, 0.25) is 0 Å². The minimum atomic E-state index is -0.253. The fourth-order valence-electron chi connectivity index (χ4n) is 3.22. The lowest BCUT2D eigenvalue weighted by atomic mass is 10.2. The molecular weight excluding hydrogens is 344 g/mol. The number of nitrogens with zero attached hydrogens (tertiary/aromatic N) is 4. The molecule has 0 aromatic carbocycles. The molecule has 3 aromatic rings. The Morgan fingerprint density at radius 3 is 2.78 bits per heavy atom. The third kappa shape index (κ3) is 3.56. The number of hydrogen-bond acceptors (Lipinski definition) is 6. The first-order chi connectivity index (χ1) is 13.1. The number of carbonyl (C=O) groups is 1. The molecule has 140 valence electrons. The van der Waals surface area contributed by atoms with E-state index >= 15 is 0 Å². The Balaban J connectivity index is 1.54. The van der Waals surface area contributed by atoms with E-state index in [1.54, 1.807) is 25.6 Å². The van der Waals surface area contributed by atoms with Gasteiger partial charge in [-0.15, -0.1) is 0 Å². The topological polar surface area (TPSA) is 83.8 Å². The molecule has 0 spiro atoms. The smallest absolute Gasteiger partial charge is 0.260 e. The lowest BCUT2D eigenvalue weighted by molar-refractivity contribution is 0.102. The zero-order chi connectivity index (χ0) is 18.8. The summed E-state index contributed by atoms with van der Waals surface area (Å²) in [6.45, 7) is 5.68. The maximum atomic E-state index is 12.8. The van der Waals surface area contributed by atoms with E-state index in [-0.39, 0.29) is 5.91 Å². The molecule has 0 aliphatic carbocycles. The Morgan fingerprint density at radius 1 is 1.26 bits per heavy atom. The van der Waals surface area contributed by atoms with Crippen LogP contribution < -0.4 is 20.3 Å². The summed E-state index contributed by atoms with van der Waals surface area (Å²) in [5.41, 5.74) is 2.70. The largest absolute Gasteiger partial charge is 0.496 e. The summed E-state index contributed by atoms with van der Waals surface area (Å²) in [4.78, 5) is 23.9. The predicted molar refractivity (Wildman–Crippen MR) is 104 cm³/mol. The zero-order valence-electron chi connectivity index (χ0n) is 15.4. The number of aromatic nitrogens is 3. The highest BCUT2D eigenvalue weighted by molar-refractivity contribution is 6.06. The molecule has 2 N–H and O–H groups in total. The van der Waals surface area contributed by atoms with E-state index in [0.29, 0.717) is 17.0 Å². The Hall–Kier alpha value is -3.13. The fourth-order valence-corrected chi connectivity index (χ4v) is 3.22. The van der Waals surface area contributed by atoms with Gasteiger partial charge in [0.15, 0.2) is 0 Å². The van der Waals surface area contributed by atoms with Crippen LogP contribution in [0.3, 0.4) is 0 Å². The minimum Gasteiger partial charge on any atom is -0.496 e. The number of methoxy groups -OCH3 is 1. The van der Waals surface area contributed by atoms with Gasteiger partial charge in [0.2, 0.25) is 0 Å². The molecule has 0 atom stereocenters. The molecule has 8 heteroatoms. The Kier molecular flexibility index (Phi) is 4.64. The van der Waals surface area contributed by atoms with Crippen molar-refractivity contribution in [3.63, 3.8) is 0 Å². The molecule has 1 aliphatic heterocycles. The van der Waals surface area contributed by atoms with Crippen LogP contribution in [0.25, 0.3) is 5.65 Å². The molecule has 1 aliphatic rings. The van der Waals surface area contributed by atoms with Gasteiger partial charge in [-0.2, -0.15) is 0 Å². The van der Waals surface area contributed by atoms with Crippen molar-refractivity contribution in [3.05, 3.63) is 48.0 Å². The van der Waals surface area contributed by atoms with Gasteiger partial charge in [0.05, 0.1) is 30.3 Å². The van der Waals surface area contributed by atoms with Crippen LogP contribution in [0, 0.1) is 6.92 Å². The number of fused-ring (bicyclic) bond motifs is 1. The number of ether oxygens (including phenoxy) is 1. The van der Waals surface area contributed by atoms with Crippen LogP contribution in [-0.4, -0.2) is 53.6 Å². The predicted octanol–water partition coefficient (Wildman–Crippen LogP) is 1.71. The van der Waals surface area contributed by atoms with E-state index in [1.165, 1.54) is 0 Å². The number of amides is 1.